The van der Waals surface area contributed by atoms with Crippen molar-refractivity contribution in [2.24, 2.45) is 5.92 Å². The van der Waals surface area contributed by atoms with Crippen LogP contribution in [0.2, 0.25) is 0 Å². The lowest BCUT2D eigenvalue weighted by molar-refractivity contribution is -0.135. The van der Waals surface area contributed by atoms with Gasteiger partial charge in [-0.25, -0.2) is 10.3 Å². The molecular weight excluding hydrogens is 426 g/mol. The van der Waals surface area contributed by atoms with Gasteiger partial charge >= 0.3 is 11.9 Å². The van der Waals surface area contributed by atoms with Crippen molar-refractivity contribution >= 4 is 23.6 Å². The Morgan fingerprint density at radius 1 is 0.909 bits per heavy atom. The molecule has 0 bridgehead atoms. The zero-order valence-electron chi connectivity index (χ0n) is 19.1. The first-order valence-electron chi connectivity index (χ1n) is 10.7. The molecule has 33 heavy (non-hydrogen) atoms. The van der Waals surface area contributed by atoms with E-state index in [1.807, 2.05) is 0 Å². The molecule has 0 aromatic heterocycles. The van der Waals surface area contributed by atoms with Crippen molar-refractivity contribution in [1.82, 2.24) is 5.48 Å². The average Bonchev–Trinajstić information content (AvgIpc) is 2.78. The zero-order valence-corrected chi connectivity index (χ0v) is 19.1. The lowest BCUT2D eigenvalue weighted by atomic mass is 9.91. The van der Waals surface area contributed by atoms with E-state index in [2.05, 4.69) is 5.48 Å². The van der Waals surface area contributed by atoms with Gasteiger partial charge in [0.05, 0.1) is 18.8 Å². The van der Waals surface area contributed by atoms with Crippen molar-refractivity contribution in [2.45, 2.75) is 46.6 Å². The number of carbonyl (C=O) groups is 4. The van der Waals surface area contributed by atoms with Crippen molar-refractivity contribution in [3.05, 3.63) is 65.2 Å². The molecule has 1 atom stereocenters. The maximum Gasteiger partial charge on any atom is 0.338 e. The van der Waals surface area contributed by atoms with Crippen molar-refractivity contribution in [3.8, 4) is 5.75 Å². The monoisotopic (exact) mass is 455 g/mol. The van der Waals surface area contributed by atoms with Gasteiger partial charge in [0.1, 0.15) is 11.5 Å². The van der Waals surface area contributed by atoms with E-state index in [-0.39, 0.29) is 36.6 Å². The van der Waals surface area contributed by atoms with Crippen LogP contribution in [0.25, 0.3) is 0 Å². The smallest absolute Gasteiger partial charge is 0.338 e. The summed E-state index contributed by atoms with van der Waals surface area (Å²) in [4.78, 5) is 52.1. The largest absolute Gasteiger partial charge is 0.462 e. The summed E-state index contributed by atoms with van der Waals surface area (Å²) in [5, 5.41) is 0. The number of ether oxygens (including phenoxy) is 2. The van der Waals surface area contributed by atoms with E-state index < -0.39 is 5.97 Å². The topological polar surface area (TPSA) is 108 Å². The lowest BCUT2D eigenvalue weighted by Gasteiger charge is -2.14. The Morgan fingerprint density at radius 2 is 1.55 bits per heavy atom. The van der Waals surface area contributed by atoms with E-state index in [0.29, 0.717) is 30.8 Å². The zero-order chi connectivity index (χ0) is 24.2. The van der Waals surface area contributed by atoms with Gasteiger partial charge in [0, 0.05) is 19.3 Å². The van der Waals surface area contributed by atoms with E-state index in [1.165, 1.54) is 13.8 Å². The molecule has 0 saturated carbocycles. The van der Waals surface area contributed by atoms with Gasteiger partial charge < -0.3 is 9.47 Å². The number of hydrogen-bond donors (Lipinski definition) is 1. The standard InChI is InChI=1S/C25H29NO7/c1-4-31-25(30)21-9-5-19(6-10-21)15-22(17(2)27)11-14-24(29)26-32-16-20-7-12-23(13-8-20)33-18(3)28/h5-10,12-13,22H,4,11,14-16H2,1-3H3,(H,26,29). The van der Waals surface area contributed by atoms with Crippen molar-refractivity contribution in [3.63, 3.8) is 0 Å². The van der Waals surface area contributed by atoms with Crippen LogP contribution in [0.4, 0.5) is 0 Å². The van der Waals surface area contributed by atoms with Crippen molar-refractivity contribution in [1.29, 1.82) is 0 Å². The van der Waals surface area contributed by atoms with Crippen LogP contribution in [-0.4, -0.2) is 30.2 Å². The average molecular weight is 456 g/mol. The maximum absolute atomic E-state index is 12.1. The predicted molar refractivity (Wildman–Crippen MR) is 120 cm³/mol. The molecule has 2 aromatic rings. The van der Waals surface area contributed by atoms with Crippen LogP contribution in [0.1, 0.15) is 55.1 Å². The Kier molecular flexibility index (Phi) is 10.2. The van der Waals surface area contributed by atoms with E-state index >= 15 is 0 Å². The highest BCUT2D eigenvalue weighted by atomic mass is 16.6. The van der Waals surface area contributed by atoms with Gasteiger partial charge in [0.15, 0.2) is 0 Å². The van der Waals surface area contributed by atoms with Gasteiger partial charge in [-0.2, -0.15) is 0 Å². The highest BCUT2D eigenvalue weighted by Crippen LogP contribution is 2.17. The fraction of sp³-hybridized carbons (Fsp3) is 0.360. The minimum atomic E-state index is -0.399. The van der Waals surface area contributed by atoms with E-state index in [0.717, 1.165) is 11.1 Å². The van der Waals surface area contributed by atoms with Gasteiger partial charge in [-0.05, 0) is 62.1 Å². The molecule has 0 aliphatic carbocycles. The molecule has 0 saturated heterocycles. The second kappa shape index (κ2) is 13.1. The van der Waals surface area contributed by atoms with E-state index in [4.69, 9.17) is 14.3 Å². The Bertz CT molecular complexity index is 952. The Labute approximate surface area is 193 Å². The number of hydroxylamine groups is 1. The first kappa shape index (κ1) is 25.7. The van der Waals surface area contributed by atoms with Crippen LogP contribution in [0.15, 0.2) is 48.5 Å². The Hall–Kier alpha value is -3.52. The molecule has 2 aromatic carbocycles. The van der Waals surface area contributed by atoms with Crippen molar-refractivity contribution in [2.75, 3.05) is 6.61 Å². The first-order chi connectivity index (χ1) is 15.8. The van der Waals surface area contributed by atoms with Crippen LogP contribution in [0.5, 0.6) is 5.75 Å². The van der Waals surface area contributed by atoms with Gasteiger partial charge in [0.25, 0.3) is 0 Å². The number of carbonyl (C=O) groups excluding carboxylic acids is 4. The number of rotatable bonds is 12. The number of nitrogens with one attached hydrogen (secondary N) is 1. The normalized spacial score (nSPS) is 11.4. The lowest BCUT2D eigenvalue weighted by Crippen LogP contribution is -2.25. The summed E-state index contributed by atoms with van der Waals surface area (Å²) >= 11 is 0. The first-order valence-corrected chi connectivity index (χ1v) is 10.7. The molecule has 8 nitrogen and oxygen atoms in total. The van der Waals surface area contributed by atoms with Gasteiger partial charge in [-0.3, -0.25) is 19.2 Å². The van der Waals surface area contributed by atoms with Gasteiger partial charge in [-0.15, -0.1) is 0 Å². The number of amides is 1. The minimum absolute atomic E-state index is 0.00828. The number of hydrogen-bond acceptors (Lipinski definition) is 7. The number of ketones is 1. The quantitative estimate of drug-likeness (QED) is 0.296. The number of Topliss-reactive ketones (excluding diaryl/α,β-unsaturated/α-hetero) is 1. The summed E-state index contributed by atoms with van der Waals surface area (Å²) in [7, 11) is 0. The molecule has 176 valence electrons. The van der Waals surface area contributed by atoms with E-state index in [1.54, 1.807) is 55.5 Å². The summed E-state index contributed by atoms with van der Waals surface area (Å²) < 4.78 is 9.92. The molecule has 0 radical (unpaired) electrons. The molecule has 0 heterocycles. The highest BCUT2D eigenvalue weighted by Gasteiger charge is 2.17. The molecular formula is C25H29NO7. The maximum atomic E-state index is 12.1. The molecule has 1 N–H and O–H groups in total. The van der Waals surface area contributed by atoms with Gasteiger partial charge in [0.2, 0.25) is 5.91 Å². The van der Waals surface area contributed by atoms with E-state index in [9.17, 15) is 19.2 Å². The Balaban J connectivity index is 1.77. The summed E-state index contributed by atoms with van der Waals surface area (Å²) in [6.45, 7) is 5.03. The molecule has 2 rings (SSSR count). The second-order valence-corrected chi connectivity index (χ2v) is 7.52. The molecule has 1 amide bonds. The summed E-state index contributed by atoms with van der Waals surface area (Å²) in [6, 6.07) is 13.6. The minimum Gasteiger partial charge on any atom is -0.462 e. The molecule has 0 aliphatic rings. The number of benzene rings is 2. The molecule has 0 spiro atoms. The van der Waals surface area contributed by atoms with Crippen LogP contribution in [0.3, 0.4) is 0 Å². The molecule has 1 unspecified atom stereocenters. The van der Waals surface area contributed by atoms with Crippen LogP contribution < -0.4 is 10.2 Å². The molecule has 0 aliphatic heterocycles. The molecule has 0 fully saturated rings. The Morgan fingerprint density at radius 3 is 2.12 bits per heavy atom. The van der Waals surface area contributed by atoms with Crippen LogP contribution in [-0.2, 0) is 37.0 Å². The van der Waals surface area contributed by atoms with Crippen molar-refractivity contribution < 1.29 is 33.5 Å². The van der Waals surface area contributed by atoms with Gasteiger partial charge in [-0.1, -0.05) is 24.3 Å². The summed E-state index contributed by atoms with van der Waals surface area (Å²) in [5.41, 5.74) is 4.53. The fourth-order valence-electron chi connectivity index (χ4n) is 3.10. The summed E-state index contributed by atoms with van der Waals surface area (Å²) in [5.74, 6) is -1.01. The third-order valence-corrected chi connectivity index (χ3v) is 4.85. The highest BCUT2D eigenvalue weighted by molar-refractivity contribution is 5.89. The third-order valence-electron chi connectivity index (χ3n) is 4.85. The SMILES string of the molecule is CCOC(=O)c1ccc(CC(CCC(=O)NOCc2ccc(OC(C)=O)cc2)C(C)=O)cc1. The van der Waals surface area contributed by atoms with Crippen LogP contribution >= 0.6 is 0 Å². The second-order valence-electron chi connectivity index (χ2n) is 7.52. The number of esters is 2. The van der Waals surface area contributed by atoms with Crippen LogP contribution in [0, 0.1) is 5.92 Å². The third kappa shape index (κ3) is 9.24. The predicted octanol–water partition coefficient (Wildman–Crippen LogP) is 3.56. The fourth-order valence-corrected chi connectivity index (χ4v) is 3.10. The molecule has 8 heteroatoms. The summed E-state index contributed by atoms with van der Waals surface area (Å²) in [6.07, 6.45) is 0.985.